The van der Waals surface area contributed by atoms with E-state index in [1.54, 1.807) is 0 Å². The molecule has 0 radical (unpaired) electrons. The lowest BCUT2D eigenvalue weighted by atomic mass is 10.0. The van der Waals surface area contributed by atoms with E-state index in [1.807, 2.05) is 0 Å². The number of amides is 1. The molecule has 2 heterocycles. The minimum Gasteiger partial charge on any atom is -0.352 e. The molecule has 2 atom stereocenters. The molecule has 0 aromatic carbocycles. The van der Waals surface area contributed by atoms with E-state index in [0.717, 1.165) is 25.9 Å². The fraction of sp³-hybridized carbons (Fsp3) is 0.875. The van der Waals surface area contributed by atoms with Gasteiger partial charge in [-0.2, -0.15) is 0 Å². The molecule has 70 valence electrons. The van der Waals surface area contributed by atoms with E-state index in [2.05, 4.69) is 10.6 Å². The van der Waals surface area contributed by atoms with Crippen molar-refractivity contribution in [3.63, 3.8) is 0 Å². The Bertz CT molecular complexity index is 164. The SMILES string of the molecule is Cl.O=C1N[C@@H]2CCC[C@@H]1CNC2. The summed E-state index contributed by atoms with van der Waals surface area (Å²) >= 11 is 0. The Morgan fingerprint density at radius 3 is 2.92 bits per heavy atom. The highest BCUT2D eigenvalue weighted by atomic mass is 35.5. The number of hydrogen-bond donors (Lipinski definition) is 2. The van der Waals surface area contributed by atoms with Gasteiger partial charge in [0.25, 0.3) is 0 Å². The summed E-state index contributed by atoms with van der Waals surface area (Å²) in [5.41, 5.74) is 0. The third kappa shape index (κ3) is 1.90. The largest absolute Gasteiger partial charge is 0.352 e. The molecule has 2 bridgehead atoms. The van der Waals surface area contributed by atoms with E-state index < -0.39 is 0 Å². The van der Waals surface area contributed by atoms with Crippen LogP contribution in [-0.2, 0) is 4.79 Å². The molecule has 0 aromatic heterocycles. The monoisotopic (exact) mass is 190 g/mol. The minimum atomic E-state index is 0. The van der Waals surface area contributed by atoms with Gasteiger partial charge in [-0.15, -0.1) is 12.4 Å². The van der Waals surface area contributed by atoms with Gasteiger partial charge >= 0.3 is 0 Å². The van der Waals surface area contributed by atoms with Crippen molar-refractivity contribution in [3.05, 3.63) is 0 Å². The van der Waals surface area contributed by atoms with Crippen LogP contribution >= 0.6 is 12.4 Å². The second kappa shape index (κ2) is 4.10. The van der Waals surface area contributed by atoms with Crippen LogP contribution in [0.15, 0.2) is 0 Å². The number of carbonyl (C=O) groups excluding carboxylic acids is 1. The quantitative estimate of drug-likeness (QED) is 0.577. The lowest BCUT2D eigenvalue weighted by Crippen LogP contribution is -2.37. The third-order valence-corrected chi connectivity index (χ3v) is 2.60. The van der Waals surface area contributed by atoms with Crippen molar-refractivity contribution in [2.45, 2.75) is 25.3 Å². The zero-order chi connectivity index (χ0) is 7.68. The Balaban J connectivity index is 0.000000720. The normalized spacial score (nSPS) is 34.5. The number of rotatable bonds is 0. The Hall–Kier alpha value is -0.280. The van der Waals surface area contributed by atoms with Crippen molar-refractivity contribution in [1.29, 1.82) is 0 Å². The Kier molecular flexibility index (Phi) is 3.35. The van der Waals surface area contributed by atoms with Crippen LogP contribution in [0.25, 0.3) is 0 Å². The van der Waals surface area contributed by atoms with Gasteiger partial charge in [-0.3, -0.25) is 4.79 Å². The topological polar surface area (TPSA) is 41.1 Å². The summed E-state index contributed by atoms with van der Waals surface area (Å²) in [5.74, 6) is 0.500. The number of hydrogen-bond acceptors (Lipinski definition) is 2. The van der Waals surface area contributed by atoms with Crippen molar-refractivity contribution >= 4 is 18.3 Å². The van der Waals surface area contributed by atoms with Crippen molar-refractivity contribution in [3.8, 4) is 0 Å². The van der Waals surface area contributed by atoms with Crippen LogP contribution < -0.4 is 10.6 Å². The first-order valence-corrected chi connectivity index (χ1v) is 4.37. The second-order valence-electron chi connectivity index (χ2n) is 3.49. The summed E-state index contributed by atoms with van der Waals surface area (Å²) in [6.07, 6.45) is 3.42. The average molecular weight is 191 g/mol. The van der Waals surface area contributed by atoms with E-state index in [4.69, 9.17) is 0 Å². The third-order valence-electron chi connectivity index (χ3n) is 2.60. The molecule has 2 aliphatic rings. The maximum absolute atomic E-state index is 11.3. The molecule has 0 aliphatic carbocycles. The molecular formula is C8H15ClN2O. The molecule has 3 nitrogen and oxygen atoms in total. The molecule has 0 saturated carbocycles. The second-order valence-corrected chi connectivity index (χ2v) is 3.49. The van der Waals surface area contributed by atoms with Crippen LogP contribution in [0.1, 0.15) is 19.3 Å². The van der Waals surface area contributed by atoms with E-state index in [-0.39, 0.29) is 24.2 Å². The van der Waals surface area contributed by atoms with E-state index in [9.17, 15) is 4.79 Å². The number of nitrogens with one attached hydrogen (secondary N) is 2. The molecule has 4 heteroatoms. The first-order valence-electron chi connectivity index (χ1n) is 4.37. The van der Waals surface area contributed by atoms with Gasteiger partial charge in [-0.05, 0) is 12.8 Å². The van der Waals surface area contributed by atoms with Gasteiger partial charge in [-0.1, -0.05) is 6.42 Å². The predicted octanol–water partition coefficient (Wildman–Crippen LogP) is 0.296. The lowest BCUT2D eigenvalue weighted by Gasteiger charge is -2.14. The van der Waals surface area contributed by atoms with Crippen molar-refractivity contribution < 1.29 is 4.79 Å². The molecule has 2 fully saturated rings. The zero-order valence-corrected chi connectivity index (χ0v) is 7.82. The van der Waals surface area contributed by atoms with Gasteiger partial charge in [0.05, 0.1) is 5.92 Å². The highest BCUT2D eigenvalue weighted by Gasteiger charge is 2.27. The maximum atomic E-state index is 11.3. The van der Waals surface area contributed by atoms with Gasteiger partial charge in [-0.25, -0.2) is 0 Å². The molecular weight excluding hydrogens is 176 g/mol. The highest BCUT2D eigenvalue weighted by Crippen LogP contribution is 2.17. The fourth-order valence-corrected chi connectivity index (χ4v) is 1.91. The number of fused-ring (bicyclic) bond motifs is 3. The standard InChI is InChI=1S/C8H14N2O.ClH/c11-8-6-2-1-3-7(10-8)5-9-4-6;/h6-7,9H,1-5H2,(H,10,11);1H/t6-,7-;/m1./s1. The molecule has 1 amide bonds. The molecule has 2 aliphatic heterocycles. The molecule has 2 N–H and O–H groups in total. The molecule has 2 rings (SSSR count). The first-order chi connectivity index (χ1) is 5.36. The summed E-state index contributed by atoms with van der Waals surface area (Å²) in [4.78, 5) is 11.3. The molecule has 0 spiro atoms. The van der Waals surface area contributed by atoms with Crippen molar-refractivity contribution in [2.75, 3.05) is 13.1 Å². The van der Waals surface area contributed by atoms with Crippen molar-refractivity contribution in [1.82, 2.24) is 10.6 Å². The predicted molar refractivity (Wildman–Crippen MR) is 49.4 cm³/mol. The van der Waals surface area contributed by atoms with Gasteiger partial charge in [0.15, 0.2) is 0 Å². The minimum absolute atomic E-state index is 0. The summed E-state index contributed by atoms with van der Waals surface area (Å²) in [7, 11) is 0. The average Bonchev–Trinajstić information content (AvgIpc) is 2.16. The van der Waals surface area contributed by atoms with Gasteiger partial charge in [0, 0.05) is 19.1 Å². The van der Waals surface area contributed by atoms with E-state index >= 15 is 0 Å². The Morgan fingerprint density at radius 1 is 1.25 bits per heavy atom. The van der Waals surface area contributed by atoms with Crippen LogP contribution in [0.3, 0.4) is 0 Å². The van der Waals surface area contributed by atoms with E-state index in [1.165, 1.54) is 6.42 Å². The van der Waals surface area contributed by atoms with Crippen LogP contribution in [0.4, 0.5) is 0 Å². The van der Waals surface area contributed by atoms with Crippen LogP contribution in [0.2, 0.25) is 0 Å². The summed E-state index contributed by atoms with van der Waals surface area (Å²) in [5, 5.41) is 6.34. The fourth-order valence-electron chi connectivity index (χ4n) is 1.91. The first kappa shape index (κ1) is 9.81. The number of carbonyl (C=O) groups is 1. The van der Waals surface area contributed by atoms with Crippen molar-refractivity contribution in [2.24, 2.45) is 5.92 Å². The summed E-state index contributed by atoms with van der Waals surface area (Å²) < 4.78 is 0. The van der Waals surface area contributed by atoms with Gasteiger partial charge < -0.3 is 10.6 Å². The highest BCUT2D eigenvalue weighted by molar-refractivity contribution is 5.85. The lowest BCUT2D eigenvalue weighted by molar-refractivity contribution is -0.124. The summed E-state index contributed by atoms with van der Waals surface area (Å²) in [6.45, 7) is 1.84. The molecule has 0 unspecified atom stereocenters. The maximum Gasteiger partial charge on any atom is 0.224 e. The van der Waals surface area contributed by atoms with Crippen LogP contribution in [0, 0.1) is 5.92 Å². The van der Waals surface area contributed by atoms with Crippen LogP contribution in [0.5, 0.6) is 0 Å². The molecule has 12 heavy (non-hydrogen) atoms. The molecule has 2 saturated heterocycles. The summed E-state index contributed by atoms with van der Waals surface area (Å²) in [6, 6.07) is 0.398. The zero-order valence-electron chi connectivity index (χ0n) is 7.01. The number of halogens is 1. The Labute approximate surface area is 78.7 Å². The Morgan fingerprint density at radius 2 is 2.08 bits per heavy atom. The smallest absolute Gasteiger partial charge is 0.224 e. The van der Waals surface area contributed by atoms with Gasteiger partial charge in [0.2, 0.25) is 5.91 Å². The van der Waals surface area contributed by atoms with Crippen LogP contribution in [-0.4, -0.2) is 25.0 Å². The molecule has 0 aromatic rings. The van der Waals surface area contributed by atoms with E-state index in [0.29, 0.717) is 6.04 Å². The van der Waals surface area contributed by atoms with Gasteiger partial charge in [0.1, 0.15) is 0 Å².